The fraction of sp³-hybridized carbons (Fsp3) is 0.571. The lowest BCUT2D eigenvalue weighted by Gasteiger charge is -2.14. The molecule has 6 heteroatoms. The van der Waals surface area contributed by atoms with Crippen molar-refractivity contribution in [1.29, 1.82) is 0 Å². The van der Waals surface area contributed by atoms with E-state index in [1.165, 1.54) is 0 Å². The molecule has 2 amide bonds. The van der Waals surface area contributed by atoms with Crippen LogP contribution in [0.15, 0.2) is 10.5 Å². The van der Waals surface area contributed by atoms with Gasteiger partial charge in [0.1, 0.15) is 11.5 Å². The number of nitrogens with one attached hydrogen (secondary N) is 2. The van der Waals surface area contributed by atoms with Crippen molar-refractivity contribution < 1.29 is 19.1 Å². The van der Waals surface area contributed by atoms with E-state index in [1.54, 1.807) is 6.92 Å². The molecular formula is C14H22N2O4. The van der Waals surface area contributed by atoms with Gasteiger partial charge in [0.15, 0.2) is 0 Å². The van der Waals surface area contributed by atoms with Crippen LogP contribution >= 0.6 is 0 Å². The second-order valence-electron chi connectivity index (χ2n) is 5.02. The van der Waals surface area contributed by atoms with Crippen molar-refractivity contribution in [2.24, 2.45) is 5.92 Å². The maximum atomic E-state index is 11.7. The largest absolute Gasteiger partial charge is 0.481 e. The monoisotopic (exact) mass is 282 g/mol. The molecule has 0 saturated heterocycles. The van der Waals surface area contributed by atoms with Crippen molar-refractivity contribution >= 4 is 12.0 Å². The molecule has 0 spiro atoms. The lowest BCUT2D eigenvalue weighted by Crippen LogP contribution is -2.38. The summed E-state index contributed by atoms with van der Waals surface area (Å²) >= 11 is 0. The van der Waals surface area contributed by atoms with E-state index in [0.717, 1.165) is 17.1 Å². The average molecular weight is 282 g/mol. The Bertz CT molecular complexity index is 482. The zero-order chi connectivity index (χ0) is 15.3. The summed E-state index contributed by atoms with van der Waals surface area (Å²) in [6.45, 7) is 7.53. The van der Waals surface area contributed by atoms with Crippen LogP contribution in [-0.4, -0.2) is 23.7 Å². The van der Waals surface area contributed by atoms with Gasteiger partial charge in [-0.3, -0.25) is 4.79 Å². The third-order valence-corrected chi connectivity index (χ3v) is 3.18. The zero-order valence-electron chi connectivity index (χ0n) is 12.3. The van der Waals surface area contributed by atoms with Gasteiger partial charge in [-0.25, -0.2) is 4.79 Å². The van der Waals surface area contributed by atoms with E-state index < -0.39 is 11.9 Å². The number of hydrogen-bond acceptors (Lipinski definition) is 3. The van der Waals surface area contributed by atoms with Crippen LogP contribution in [0.2, 0.25) is 0 Å². The Kier molecular flexibility index (Phi) is 5.61. The minimum atomic E-state index is -0.856. The Balaban J connectivity index is 2.39. The molecule has 3 N–H and O–H groups in total. The fourth-order valence-electron chi connectivity index (χ4n) is 1.93. The standard InChI is InChI=1S/C14H22N2O4/c1-8(13(17)18)5-6-15-14(19)16-10(3)12-7-9(2)20-11(12)4/h7-8,10H,5-6H2,1-4H3,(H,17,18)(H2,15,16,19). The van der Waals surface area contributed by atoms with Crippen molar-refractivity contribution in [2.75, 3.05) is 6.54 Å². The molecule has 2 unspecified atom stereocenters. The maximum Gasteiger partial charge on any atom is 0.315 e. The van der Waals surface area contributed by atoms with Gasteiger partial charge in [-0.1, -0.05) is 6.92 Å². The molecule has 0 aliphatic rings. The molecule has 0 aliphatic carbocycles. The first-order valence-electron chi connectivity index (χ1n) is 6.65. The molecule has 20 heavy (non-hydrogen) atoms. The fourth-order valence-corrected chi connectivity index (χ4v) is 1.93. The van der Waals surface area contributed by atoms with Gasteiger partial charge in [0.25, 0.3) is 0 Å². The first kappa shape index (κ1) is 16.1. The summed E-state index contributed by atoms with van der Waals surface area (Å²) in [6, 6.07) is 1.42. The normalized spacial score (nSPS) is 13.6. The summed E-state index contributed by atoms with van der Waals surface area (Å²) < 4.78 is 5.42. The van der Waals surface area contributed by atoms with Crippen molar-refractivity contribution in [1.82, 2.24) is 10.6 Å². The van der Waals surface area contributed by atoms with E-state index in [2.05, 4.69) is 10.6 Å². The molecule has 0 fully saturated rings. The highest BCUT2D eigenvalue weighted by Gasteiger charge is 2.15. The number of carboxylic acids is 1. The molecule has 6 nitrogen and oxygen atoms in total. The molecule has 1 rings (SSSR count). The van der Waals surface area contributed by atoms with Crippen LogP contribution in [0.1, 0.15) is 43.4 Å². The molecule has 0 saturated carbocycles. The maximum absolute atomic E-state index is 11.7. The smallest absolute Gasteiger partial charge is 0.315 e. The van der Waals surface area contributed by atoms with E-state index in [9.17, 15) is 9.59 Å². The number of urea groups is 1. The van der Waals surface area contributed by atoms with Crippen LogP contribution in [0.4, 0.5) is 4.79 Å². The van der Waals surface area contributed by atoms with E-state index in [1.807, 2.05) is 26.8 Å². The Morgan fingerprint density at radius 3 is 2.50 bits per heavy atom. The number of carboxylic acid groups (broad SMARTS) is 1. The second-order valence-corrected chi connectivity index (χ2v) is 5.02. The highest BCUT2D eigenvalue weighted by Crippen LogP contribution is 2.20. The molecule has 2 atom stereocenters. The Morgan fingerprint density at radius 2 is 2.00 bits per heavy atom. The van der Waals surface area contributed by atoms with Crippen molar-refractivity contribution in [3.05, 3.63) is 23.2 Å². The summed E-state index contributed by atoms with van der Waals surface area (Å²) in [5.74, 6) is 0.271. The van der Waals surface area contributed by atoms with Gasteiger partial charge in [0, 0.05) is 12.1 Å². The highest BCUT2D eigenvalue weighted by atomic mass is 16.4. The van der Waals surface area contributed by atoms with Gasteiger partial charge in [0.2, 0.25) is 0 Å². The van der Waals surface area contributed by atoms with Crippen molar-refractivity contribution in [3.63, 3.8) is 0 Å². The minimum absolute atomic E-state index is 0.163. The molecule has 112 valence electrons. The molecule has 1 heterocycles. The Labute approximate surface area is 118 Å². The topological polar surface area (TPSA) is 91.6 Å². The average Bonchev–Trinajstić information content (AvgIpc) is 2.68. The van der Waals surface area contributed by atoms with Gasteiger partial charge >= 0.3 is 12.0 Å². The van der Waals surface area contributed by atoms with Crippen molar-refractivity contribution in [2.45, 2.75) is 40.2 Å². The number of carbonyl (C=O) groups is 2. The van der Waals surface area contributed by atoms with Crippen molar-refractivity contribution in [3.8, 4) is 0 Å². The number of aryl methyl sites for hydroxylation is 2. The van der Waals surface area contributed by atoms with E-state index in [0.29, 0.717) is 13.0 Å². The quantitative estimate of drug-likeness (QED) is 0.747. The number of hydrogen-bond donors (Lipinski definition) is 3. The summed E-state index contributed by atoms with van der Waals surface area (Å²) in [5.41, 5.74) is 0.941. The summed E-state index contributed by atoms with van der Waals surface area (Å²) in [7, 11) is 0. The zero-order valence-corrected chi connectivity index (χ0v) is 12.3. The minimum Gasteiger partial charge on any atom is -0.481 e. The van der Waals surface area contributed by atoms with Crippen LogP contribution in [-0.2, 0) is 4.79 Å². The van der Waals surface area contributed by atoms with Gasteiger partial charge in [-0.2, -0.15) is 0 Å². The van der Waals surface area contributed by atoms with Gasteiger partial charge in [-0.05, 0) is 33.3 Å². The molecule has 0 aliphatic heterocycles. The van der Waals surface area contributed by atoms with Gasteiger partial charge in [-0.15, -0.1) is 0 Å². The molecule has 0 bridgehead atoms. The molecular weight excluding hydrogens is 260 g/mol. The van der Waals surface area contributed by atoms with Gasteiger partial charge < -0.3 is 20.2 Å². The number of furan rings is 1. The molecule has 1 aromatic heterocycles. The van der Waals surface area contributed by atoms with Crippen LogP contribution in [0.25, 0.3) is 0 Å². The van der Waals surface area contributed by atoms with E-state index in [-0.39, 0.29) is 12.1 Å². The van der Waals surface area contributed by atoms with E-state index >= 15 is 0 Å². The lowest BCUT2D eigenvalue weighted by molar-refractivity contribution is -0.141. The Hall–Kier alpha value is -1.98. The second kappa shape index (κ2) is 6.98. The lowest BCUT2D eigenvalue weighted by atomic mass is 10.1. The molecule has 0 radical (unpaired) electrons. The highest BCUT2D eigenvalue weighted by molar-refractivity contribution is 5.74. The number of amides is 2. The first-order chi connectivity index (χ1) is 9.31. The predicted molar refractivity (Wildman–Crippen MR) is 74.5 cm³/mol. The third-order valence-electron chi connectivity index (χ3n) is 3.18. The van der Waals surface area contributed by atoms with Gasteiger partial charge in [0.05, 0.1) is 12.0 Å². The summed E-state index contributed by atoms with van der Waals surface area (Å²) in [4.78, 5) is 22.3. The number of carbonyl (C=O) groups excluding carboxylic acids is 1. The summed E-state index contributed by atoms with van der Waals surface area (Å²) in [6.07, 6.45) is 0.404. The molecule has 0 aromatic carbocycles. The first-order valence-corrected chi connectivity index (χ1v) is 6.65. The Morgan fingerprint density at radius 1 is 1.35 bits per heavy atom. The van der Waals surface area contributed by atoms with Crippen LogP contribution < -0.4 is 10.6 Å². The predicted octanol–water partition coefficient (Wildman–Crippen LogP) is 2.37. The summed E-state index contributed by atoms with van der Waals surface area (Å²) in [5, 5.41) is 14.2. The third kappa shape index (κ3) is 4.60. The number of rotatable bonds is 6. The van der Waals surface area contributed by atoms with Crippen LogP contribution in [0, 0.1) is 19.8 Å². The SMILES string of the molecule is Cc1cc(C(C)NC(=O)NCCC(C)C(=O)O)c(C)o1. The number of aliphatic carboxylic acids is 1. The van der Waals surface area contributed by atoms with E-state index in [4.69, 9.17) is 9.52 Å². The molecule has 1 aromatic rings. The van der Waals surface area contributed by atoms with Crippen LogP contribution in [0.5, 0.6) is 0 Å². The van der Waals surface area contributed by atoms with Crippen LogP contribution in [0.3, 0.4) is 0 Å².